The van der Waals surface area contributed by atoms with Gasteiger partial charge in [-0.3, -0.25) is 0 Å². The van der Waals surface area contributed by atoms with Crippen LogP contribution in [-0.2, 0) is 13.5 Å². The lowest BCUT2D eigenvalue weighted by atomic mass is 10.1. The van der Waals surface area contributed by atoms with Gasteiger partial charge in [0.2, 0.25) is 5.95 Å². The maximum absolute atomic E-state index is 4.61. The molecule has 0 radical (unpaired) electrons. The van der Waals surface area contributed by atoms with Crippen molar-refractivity contribution in [3.8, 4) is 0 Å². The monoisotopic (exact) mass is 329 g/mol. The Morgan fingerprint density at radius 2 is 1.85 bits per heavy atom. The molecule has 0 aliphatic carbocycles. The molecule has 0 fully saturated rings. The Kier molecular flexibility index (Phi) is 3.74. The highest BCUT2D eigenvalue weighted by Gasteiger charge is 2.06. The summed E-state index contributed by atoms with van der Waals surface area (Å²) in [4.78, 5) is 4.61. The molecule has 0 amide bonds. The number of benzene rings is 2. The van der Waals surface area contributed by atoms with Gasteiger partial charge in [-0.2, -0.15) is 0 Å². The molecule has 3 rings (SSSR count). The molecule has 0 unspecified atom stereocenters. The molecule has 1 N–H and O–H groups in total. The van der Waals surface area contributed by atoms with E-state index in [4.69, 9.17) is 0 Å². The fraction of sp³-hybridized carbons (Fsp3) is 0.188. The quantitative estimate of drug-likeness (QED) is 0.784. The van der Waals surface area contributed by atoms with Gasteiger partial charge >= 0.3 is 0 Å². The first-order valence-corrected chi connectivity index (χ1v) is 7.44. The average Bonchev–Trinajstić information content (AvgIpc) is 2.78. The van der Waals surface area contributed by atoms with E-state index in [-0.39, 0.29) is 0 Å². The van der Waals surface area contributed by atoms with E-state index in [0.717, 1.165) is 34.4 Å². The molecule has 20 heavy (non-hydrogen) atoms. The normalized spacial score (nSPS) is 10.9. The largest absolute Gasteiger partial charge is 0.355 e. The molecule has 4 heteroatoms. The lowest BCUT2D eigenvalue weighted by Gasteiger charge is -2.07. The Morgan fingerprint density at radius 1 is 1.10 bits per heavy atom. The van der Waals surface area contributed by atoms with Crippen molar-refractivity contribution in [3.05, 3.63) is 58.6 Å². The molecule has 2 aromatic carbocycles. The number of halogens is 1. The Bertz CT molecular complexity index is 733. The summed E-state index contributed by atoms with van der Waals surface area (Å²) in [7, 11) is 2.04. The molecule has 0 saturated carbocycles. The molecule has 0 aliphatic rings. The van der Waals surface area contributed by atoms with Gasteiger partial charge in [-0.05, 0) is 30.2 Å². The summed E-state index contributed by atoms with van der Waals surface area (Å²) in [6.45, 7) is 0.861. The second-order valence-corrected chi connectivity index (χ2v) is 5.61. The molecule has 0 spiro atoms. The first-order chi connectivity index (χ1) is 9.75. The van der Waals surface area contributed by atoms with Crippen LogP contribution in [0.15, 0.2) is 53.0 Å². The molecule has 0 aliphatic heterocycles. The highest BCUT2D eigenvalue weighted by atomic mass is 79.9. The van der Waals surface area contributed by atoms with E-state index in [1.54, 1.807) is 0 Å². The number of nitrogens with zero attached hydrogens (tertiary/aromatic N) is 2. The topological polar surface area (TPSA) is 29.9 Å². The lowest BCUT2D eigenvalue weighted by molar-refractivity contribution is 0.910. The van der Waals surface area contributed by atoms with Crippen molar-refractivity contribution in [1.29, 1.82) is 0 Å². The van der Waals surface area contributed by atoms with Crippen LogP contribution < -0.4 is 5.32 Å². The van der Waals surface area contributed by atoms with Crippen LogP contribution in [-0.4, -0.2) is 16.1 Å². The second kappa shape index (κ2) is 5.67. The van der Waals surface area contributed by atoms with Crippen molar-refractivity contribution >= 4 is 32.9 Å². The molecule has 0 atom stereocenters. The van der Waals surface area contributed by atoms with Gasteiger partial charge in [-0.1, -0.05) is 46.3 Å². The van der Waals surface area contributed by atoms with Crippen molar-refractivity contribution in [1.82, 2.24) is 9.55 Å². The molecular weight excluding hydrogens is 314 g/mol. The van der Waals surface area contributed by atoms with E-state index in [9.17, 15) is 0 Å². The van der Waals surface area contributed by atoms with Crippen molar-refractivity contribution in [2.24, 2.45) is 7.05 Å². The number of nitrogens with one attached hydrogen (secondary N) is 1. The zero-order valence-corrected chi connectivity index (χ0v) is 12.9. The summed E-state index contributed by atoms with van der Waals surface area (Å²) >= 11 is 3.58. The highest BCUT2D eigenvalue weighted by Crippen LogP contribution is 2.19. The summed E-state index contributed by atoms with van der Waals surface area (Å²) in [6, 6.07) is 16.5. The van der Waals surface area contributed by atoms with E-state index >= 15 is 0 Å². The predicted octanol–water partition coefficient (Wildman–Crippen LogP) is 3.99. The number of aromatic nitrogens is 2. The minimum atomic E-state index is 0.861. The van der Waals surface area contributed by atoms with Crippen LogP contribution in [0.4, 0.5) is 5.95 Å². The third-order valence-electron chi connectivity index (χ3n) is 3.42. The number of para-hydroxylation sites is 2. The van der Waals surface area contributed by atoms with Gasteiger partial charge in [0.1, 0.15) is 0 Å². The molecule has 1 heterocycles. The lowest BCUT2D eigenvalue weighted by Crippen LogP contribution is -2.09. The molecular formula is C16H16BrN3. The standard InChI is InChI=1S/C16H16BrN3/c1-20-15-9-5-4-8-14(15)19-16(20)18-11-10-12-6-2-3-7-13(12)17/h2-9H,10-11H2,1H3,(H,18,19). The van der Waals surface area contributed by atoms with E-state index in [1.807, 2.05) is 31.3 Å². The molecule has 0 bridgehead atoms. The molecule has 1 aromatic heterocycles. The minimum Gasteiger partial charge on any atom is -0.355 e. The van der Waals surface area contributed by atoms with Crippen LogP contribution in [0.25, 0.3) is 11.0 Å². The number of fused-ring (bicyclic) bond motifs is 1. The fourth-order valence-corrected chi connectivity index (χ4v) is 2.80. The van der Waals surface area contributed by atoms with Gasteiger partial charge in [-0.15, -0.1) is 0 Å². The highest BCUT2D eigenvalue weighted by molar-refractivity contribution is 9.10. The van der Waals surface area contributed by atoms with Crippen LogP contribution in [0.5, 0.6) is 0 Å². The van der Waals surface area contributed by atoms with Crippen molar-refractivity contribution < 1.29 is 0 Å². The maximum Gasteiger partial charge on any atom is 0.203 e. The SMILES string of the molecule is Cn1c(NCCc2ccccc2Br)nc2ccccc21. The van der Waals surface area contributed by atoms with Crippen molar-refractivity contribution in [2.75, 3.05) is 11.9 Å². The Balaban J connectivity index is 1.71. The molecule has 0 saturated heterocycles. The summed E-state index contributed by atoms with van der Waals surface area (Å²) in [6.07, 6.45) is 0.963. The maximum atomic E-state index is 4.61. The Labute approximate surface area is 126 Å². The van der Waals surface area contributed by atoms with Crippen LogP contribution in [0, 0.1) is 0 Å². The molecule has 3 nitrogen and oxygen atoms in total. The smallest absolute Gasteiger partial charge is 0.203 e. The summed E-state index contributed by atoms with van der Waals surface area (Å²) in [5.41, 5.74) is 3.48. The van der Waals surface area contributed by atoms with E-state index in [1.165, 1.54) is 5.56 Å². The summed E-state index contributed by atoms with van der Waals surface area (Å²) in [5, 5.41) is 3.41. The average molecular weight is 330 g/mol. The first kappa shape index (κ1) is 13.2. The first-order valence-electron chi connectivity index (χ1n) is 6.64. The number of rotatable bonds is 4. The zero-order chi connectivity index (χ0) is 13.9. The van der Waals surface area contributed by atoms with Gasteiger partial charge < -0.3 is 9.88 Å². The third kappa shape index (κ3) is 2.56. The van der Waals surface area contributed by atoms with Gasteiger partial charge in [-0.25, -0.2) is 4.98 Å². The number of imidazole rings is 1. The Hall–Kier alpha value is -1.81. The summed E-state index contributed by atoms with van der Waals surface area (Å²) < 4.78 is 3.25. The minimum absolute atomic E-state index is 0.861. The van der Waals surface area contributed by atoms with E-state index in [2.05, 4.69) is 55.1 Å². The van der Waals surface area contributed by atoms with Gasteiger partial charge in [0.25, 0.3) is 0 Å². The fourth-order valence-electron chi connectivity index (χ4n) is 2.31. The van der Waals surface area contributed by atoms with Crippen LogP contribution in [0.1, 0.15) is 5.56 Å². The predicted molar refractivity (Wildman–Crippen MR) is 87.0 cm³/mol. The van der Waals surface area contributed by atoms with Gasteiger partial charge in [0.15, 0.2) is 0 Å². The third-order valence-corrected chi connectivity index (χ3v) is 4.20. The number of hydrogen-bond donors (Lipinski definition) is 1. The summed E-state index contributed by atoms with van der Waals surface area (Å²) in [5.74, 6) is 0.915. The van der Waals surface area contributed by atoms with Gasteiger partial charge in [0, 0.05) is 18.1 Å². The van der Waals surface area contributed by atoms with Crippen LogP contribution in [0.2, 0.25) is 0 Å². The zero-order valence-electron chi connectivity index (χ0n) is 11.3. The van der Waals surface area contributed by atoms with Crippen molar-refractivity contribution in [2.45, 2.75) is 6.42 Å². The van der Waals surface area contributed by atoms with Crippen LogP contribution >= 0.6 is 15.9 Å². The second-order valence-electron chi connectivity index (χ2n) is 4.75. The van der Waals surface area contributed by atoms with E-state index in [0.29, 0.717) is 0 Å². The number of anilines is 1. The number of aryl methyl sites for hydroxylation is 1. The van der Waals surface area contributed by atoms with Crippen molar-refractivity contribution in [3.63, 3.8) is 0 Å². The molecule has 3 aromatic rings. The Morgan fingerprint density at radius 3 is 2.65 bits per heavy atom. The van der Waals surface area contributed by atoms with Crippen LogP contribution in [0.3, 0.4) is 0 Å². The van der Waals surface area contributed by atoms with E-state index < -0.39 is 0 Å². The number of hydrogen-bond acceptors (Lipinski definition) is 2. The van der Waals surface area contributed by atoms with Gasteiger partial charge in [0.05, 0.1) is 11.0 Å². The molecule has 102 valence electrons.